The average Bonchev–Trinajstić information content (AvgIpc) is 3.23. The van der Waals surface area contributed by atoms with Gasteiger partial charge >= 0.3 is 5.97 Å². The number of nitrogens with zero attached hydrogens (tertiary/aromatic N) is 4. The van der Waals surface area contributed by atoms with Gasteiger partial charge in [0.1, 0.15) is 5.82 Å². The van der Waals surface area contributed by atoms with Crippen LogP contribution in [0.4, 0.5) is 0 Å². The van der Waals surface area contributed by atoms with Crippen molar-refractivity contribution in [2.75, 3.05) is 0 Å². The zero-order chi connectivity index (χ0) is 22.3. The van der Waals surface area contributed by atoms with Crippen LogP contribution >= 0.6 is 0 Å². The van der Waals surface area contributed by atoms with Crippen molar-refractivity contribution in [2.45, 2.75) is 39.2 Å². The number of unbranched alkanes of at least 4 members (excludes halogenated alkanes) is 2. The molecule has 1 N–H and O–H groups in total. The highest BCUT2D eigenvalue weighted by molar-refractivity contribution is 5.93. The number of rotatable bonds is 9. The van der Waals surface area contributed by atoms with Crippen LogP contribution in [0.15, 0.2) is 72.9 Å². The fraction of sp³-hybridized carbons (Fsp3) is 0.231. The summed E-state index contributed by atoms with van der Waals surface area (Å²) in [5.41, 5.74) is 3.58. The summed E-state index contributed by atoms with van der Waals surface area (Å²) in [6.07, 6.45) is 5.80. The smallest absolute Gasteiger partial charge is 0.355 e. The van der Waals surface area contributed by atoms with E-state index in [0.29, 0.717) is 12.1 Å². The molecule has 162 valence electrons. The molecule has 0 bridgehead atoms. The van der Waals surface area contributed by atoms with Crippen molar-refractivity contribution in [2.24, 2.45) is 0 Å². The Labute approximate surface area is 187 Å². The monoisotopic (exact) mass is 426 g/mol. The normalized spacial score (nSPS) is 10.9. The second kappa shape index (κ2) is 10.0. The van der Waals surface area contributed by atoms with E-state index in [4.69, 9.17) is 10.1 Å². The van der Waals surface area contributed by atoms with Crippen molar-refractivity contribution in [1.29, 1.82) is 0 Å². The second-order valence-corrected chi connectivity index (χ2v) is 7.73. The average molecular weight is 427 g/mol. The first kappa shape index (κ1) is 21.4. The lowest BCUT2D eigenvalue weighted by Crippen LogP contribution is -2.07. The topological polar surface area (TPSA) is 80.9 Å². The van der Waals surface area contributed by atoms with E-state index in [1.54, 1.807) is 12.1 Å². The van der Waals surface area contributed by atoms with Crippen molar-refractivity contribution >= 4 is 5.97 Å². The van der Waals surface area contributed by atoms with E-state index in [-0.39, 0.29) is 5.69 Å². The molecule has 2 heterocycles. The molecule has 6 nitrogen and oxygen atoms in total. The minimum absolute atomic E-state index is 0.0576. The number of aromatic nitrogens is 4. The van der Waals surface area contributed by atoms with Crippen LogP contribution in [-0.4, -0.2) is 30.8 Å². The van der Waals surface area contributed by atoms with E-state index in [1.165, 1.54) is 12.6 Å². The van der Waals surface area contributed by atoms with Gasteiger partial charge in [0.2, 0.25) is 0 Å². The Morgan fingerprint density at radius 2 is 1.72 bits per heavy atom. The summed E-state index contributed by atoms with van der Waals surface area (Å²) in [6.45, 7) is 2.81. The Kier molecular flexibility index (Phi) is 6.70. The number of carboxylic acid groups (broad SMARTS) is 1. The first-order valence-corrected chi connectivity index (χ1v) is 10.9. The van der Waals surface area contributed by atoms with Crippen molar-refractivity contribution in [3.63, 3.8) is 0 Å². The third-order valence-electron chi connectivity index (χ3n) is 5.39. The highest BCUT2D eigenvalue weighted by Crippen LogP contribution is 2.23. The maximum atomic E-state index is 11.5. The molecule has 2 aromatic heterocycles. The molecule has 0 aliphatic heterocycles. The number of carbonyl (C=O) groups is 1. The first-order valence-electron chi connectivity index (χ1n) is 10.9. The molecule has 0 aliphatic carbocycles. The number of carboxylic acids is 1. The van der Waals surface area contributed by atoms with Gasteiger partial charge in [-0.25, -0.2) is 19.4 Å². The maximum Gasteiger partial charge on any atom is 0.355 e. The zero-order valence-corrected chi connectivity index (χ0v) is 18.1. The number of aromatic carboxylic acids is 1. The van der Waals surface area contributed by atoms with Gasteiger partial charge in [0.25, 0.3) is 0 Å². The summed E-state index contributed by atoms with van der Waals surface area (Å²) in [5, 5.41) is 14.2. The SMILES string of the molecule is CCCCCc1nc(-c2ccccc2)nn1Cc1ccc(-c2cccnc2C(=O)O)cc1. The van der Waals surface area contributed by atoms with E-state index in [2.05, 4.69) is 11.9 Å². The fourth-order valence-corrected chi connectivity index (χ4v) is 3.70. The minimum Gasteiger partial charge on any atom is -0.476 e. The molecule has 0 saturated carbocycles. The number of benzene rings is 2. The molecule has 0 fully saturated rings. The summed E-state index contributed by atoms with van der Waals surface area (Å²) in [5.74, 6) is 0.703. The van der Waals surface area contributed by atoms with Gasteiger partial charge in [-0.15, -0.1) is 0 Å². The zero-order valence-electron chi connectivity index (χ0n) is 18.1. The van der Waals surface area contributed by atoms with Crippen LogP contribution in [0.2, 0.25) is 0 Å². The highest BCUT2D eigenvalue weighted by atomic mass is 16.4. The van der Waals surface area contributed by atoms with Gasteiger partial charge in [0, 0.05) is 23.7 Å². The Balaban J connectivity index is 1.59. The van der Waals surface area contributed by atoms with Crippen LogP contribution < -0.4 is 0 Å². The first-order chi connectivity index (χ1) is 15.7. The second-order valence-electron chi connectivity index (χ2n) is 7.73. The molecule has 4 aromatic rings. The van der Waals surface area contributed by atoms with Gasteiger partial charge < -0.3 is 5.11 Å². The van der Waals surface area contributed by atoms with Gasteiger partial charge in [0.05, 0.1) is 6.54 Å². The van der Waals surface area contributed by atoms with Gasteiger partial charge in [0.15, 0.2) is 11.5 Å². The Hall–Kier alpha value is -3.80. The van der Waals surface area contributed by atoms with Crippen LogP contribution in [0.5, 0.6) is 0 Å². The molecule has 0 amide bonds. The molecular weight excluding hydrogens is 400 g/mol. The lowest BCUT2D eigenvalue weighted by Gasteiger charge is -2.08. The van der Waals surface area contributed by atoms with E-state index >= 15 is 0 Å². The number of hydrogen-bond donors (Lipinski definition) is 1. The van der Waals surface area contributed by atoms with Crippen molar-refractivity contribution in [3.05, 3.63) is 90.0 Å². The number of hydrogen-bond acceptors (Lipinski definition) is 4. The quantitative estimate of drug-likeness (QED) is 0.358. The Bertz CT molecular complexity index is 1180. The minimum atomic E-state index is -1.03. The van der Waals surface area contributed by atoms with E-state index < -0.39 is 5.97 Å². The van der Waals surface area contributed by atoms with E-state index in [0.717, 1.165) is 47.6 Å². The lowest BCUT2D eigenvalue weighted by molar-refractivity contribution is 0.0691. The Morgan fingerprint density at radius 3 is 2.44 bits per heavy atom. The standard InChI is InChI=1S/C26H26N4O2/c1-2-3-5-12-23-28-25(21-9-6-4-7-10-21)29-30(23)18-19-13-15-20(16-14-19)22-11-8-17-27-24(22)26(31)32/h4,6-11,13-17H,2-3,5,12,18H2,1H3,(H,31,32). The van der Waals surface area contributed by atoms with Gasteiger partial charge in [-0.05, 0) is 23.6 Å². The molecule has 6 heteroatoms. The number of pyridine rings is 1. The molecule has 0 saturated heterocycles. The number of aryl methyl sites for hydroxylation is 1. The molecule has 0 radical (unpaired) electrons. The molecule has 0 spiro atoms. The lowest BCUT2D eigenvalue weighted by atomic mass is 10.0. The summed E-state index contributed by atoms with van der Waals surface area (Å²) in [6, 6.07) is 21.4. The van der Waals surface area contributed by atoms with Crippen LogP contribution in [-0.2, 0) is 13.0 Å². The van der Waals surface area contributed by atoms with E-state index in [1.807, 2.05) is 59.3 Å². The molecule has 0 unspecified atom stereocenters. The van der Waals surface area contributed by atoms with Crippen molar-refractivity contribution in [1.82, 2.24) is 19.7 Å². The van der Waals surface area contributed by atoms with E-state index in [9.17, 15) is 9.90 Å². The largest absolute Gasteiger partial charge is 0.476 e. The van der Waals surface area contributed by atoms with Crippen LogP contribution in [0.3, 0.4) is 0 Å². The molecule has 0 atom stereocenters. The maximum absolute atomic E-state index is 11.5. The predicted molar refractivity (Wildman–Crippen MR) is 124 cm³/mol. The molecular formula is C26H26N4O2. The predicted octanol–water partition coefficient (Wildman–Crippen LogP) is 5.49. The summed E-state index contributed by atoms with van der Waals surface area (Å²) >= 11 is 0. The molecule has 0 aliphatic rings. The third-order valence-corrected chi connectivity index (χ3v) is 5.39. The van der Waals surface area contributed by atoms with Gasteiger partial charge in [-0.1, -0.05) is 80.4 Å². The van der Waals surface area contributed by atoms with Gasteiger partial charge in [-0.3, -0.25) is 0 Å². The summed E-state index contributed by atoms with van der Waals surface area (Å²) in [7, 11) is 0. The van der Waals surface area contributed by atoms with Gasteiger partial charge in [-0.2, -0.15) is 5.10 Å². The Morgan fingerprint density at radius 1 is 0.938 bits per heavy atom. The molecule has 4 rings (SSSR count). The summed E-state index contributed by atoms with van der Waals surface area (Å²) < 4.78 is 1.99. The highest BCUT2D eigenvalue weighted by Gasteiger charge is 2.14. The van der Waals surface area contributed by atoms with Crippen LogP contribution in [0.1, 0.15) is 48.1 Å². The van der Waals surface area contributed by atoms with Crippen LogP contribution in [0.25, 0.3) is 22.5 Å². The van der Waals surface area contributed by atoms with Crippen LogP contribution in [0, 0.1) is 0 Å². The molecule has 2 aromatic carbocycles. The fourth-order valence-electron chi connectivity index (χ4n) is 3.70. The molecule has 32 heavy (non-hydrogen) atoms. The van der Waals surface area contributed by atoms with Crippen molar-refractivity contribution in [3.8, 4) is 22.5 Å². The van der Waals surface area contributed by atoms with Crippen molar-refractivity contribution < 1.29 is 9.90 Å². The summed E-state index contributed by atoms with van der Waals surface area (Å²) in [4.78, 5) is 20.3. The third kappa shape index (κ3) is 4.91.